The van der Waals surface area contributed by atoms with Crippen LogP contribution in [0, 0.1) is 6.92 Å². The molecular weight excluding hydrogens is 354 g/mol. The third-order valence-corrected chi connectivity index (χ3v) is 4.93. The van der Waals surface area contributed by atoms with Gasteiger partial charge in [0.15, 0.2) is 18.1 Å². The van der Waals surface area contributed by atoms with Gasteiger partial charge >= 0.3 is 5.97 Å². The Balaban J connectivity index is 1.98. The van der Waals surface area contributed by atoms with E-state index in [1.165, 1.54) is 11.3 Å². The molecule has 0 bridgehead atoms. The average molecular weight is 377 g/mol. The highest BCUT2D eigenvalue weighted by Gasteiger charge is 2.18. The van der Waals surface area contributed by atoms with Crippen molar-refractivity contribution in [1.82, 2.24) is 4.90 Å². The van der Waals surface area contributed by atoms with Crippen LogP contribution in [0.25, 0.3) is 0 Å². The van der Waals surface area contributed by atoms with Crippen LogP contribution in [0.4, 0.5) is 0 Å². The Kier molecular flexibility index (Phi) is 7.03. The first-order valence-corrected chi connectivity index (χ1v) is 9.08. The summed E-state index contributed by atoms with van der Waals surface area (Å²) in [6.07, 6.45) is 0. The molecule has 0 aliphatic carbocycles. The molecule has 1 amide bonds. The lowest BCUT2D eigenvalue weighted by Crippen LogP contribution is -2.34. The number of hydrogen-bond donors (Lipinski definition) is 0. The molecule has 0 atom stereocenters. The Labute approximate surface area is 157 Å². The van der Waals surface area contributed by atoms with E-state index in [-0.39, 0.29) is 12.5 Å². The first kappa shape index (κ1) is 19.8. The number of nitrogens with zero attached hydrogens (tertiary/aromatic N) is 1. The van der Waals surface area contributed by atoms with Crippen molar-refractivity contribution < 1.29 is 23.8 Å². The van der Waals surface area contributed by atoms with Crippen molar-refractivity contribution in [2.24, 2.45) is 0 Å². The average Bonchev–Trinajstić information content (AvgIpc) is 3.09. The molecule has 2 rings (SSSR count). The molecule has 26 heavy (non-hydrogen) atoms. The maximum absolute atomic E-state index is 12.4. The number of thiophene rings is 1. The molecular formula is C19H23NO5S. The highest BCUT2D eigenvalue weighted by Crippen LogP contribution is 2.28. The van der Waals surface area contributed by atoms with Crippen LogP contribution in [0.3, 0.4) is 0 Å². The maximum Gasteiger partial charge on any atom is 0.349 e. The van der Waals surface area contributed by atoms with Gasteiger partial charge in [-0.2, -0.15) is 0 Å². The monoisotopic (exact) mass is 377 g/mol. The van der Waals surface area contributed by atoms with E-state index < -0.39 is 5.97 Å². The largest absolute Gasteiger partial charge is 0.493 e. The van der Waals surface area contributed by atoms with E-state index in [9.17, 15) is 9.59 Å². The quantitative estimate of drug-likeness (QED) is 0.661. The molecule has 6 nitrogen and oxygen atoms in total. The minimum Gasteiger partial charge on any atom is -0.493 e. The second-order valence-corrected chi connectivity index (χ2v) is 6.52. The number of aryl methyl sites for hydroxylation is 1. The predicted molar refractivity (Wildman–Crippen MR) is 100.0 cm³/mol. The molecule has 0 saturated carbocycles. The highest BCUT2D eigenvalue weighted by molar-refractivity contribution is 7.12. The summed E-state index contributed by atoms with van der Waals surface area (Å²) in [7, 11) is 3.14. The van der Waals surface area contributed by atoms with Crippen molar-refractivity contribution in [2.45, 2.75) is 20.4 Å². The number of carbonyl (C=O) groups excluding carboxylic acids is 2. The van der Waals surface area contributed by atoms with Crippen LogP contribution >= 0.6 is 11.3 Å². The first-order valence-electron chi connectivity index (χ1n) is 8.20. The second-order valence-electron chi connectivity index (χ2n) is 5.61. The molecule has 0 aliphatic rings. The minimum atomic E-state index is -0.465. The third kappa shape index (κ3) is 4.76. The molecule has 1 heterocycles. The van der Waals surface area contributed by atoms with Gasteiger partial charge in [-0.1, -0.05) is 6.07 Å². The van der Waals surface area contributed by atoms with Gasteiger partial charge in [-0.15, -0.1) is 11.3 Å². The normalized spacial score (nSPS) is 10.3. The lowest BCUT2D eigenvalue weighted by Gasteiger charge is -2.21. The molecule has 1 aromatic carbocycles. The van der Waals surface area contributed by atoms with Crippen molar-refractivity contribution in [3.8, 4) is 11.5 Å². The molecule has 0 aliphatic heterocycles. The maximum atomic E-state index is 12.4. The Morgan fingerprint density at radius 2 is 1.85 bits per heavy atom. The summed E-state index contributed by atoms with van der Waals surface area (Å²) >= 11 is 1.31. The summed E-state index contributed by atoms with van der Waals surface area (Å²) in [5.41, 5.74) is 1.75. The Bertz CT molecular complexity index is 771. The van der Waals surface area contributed by atoms with Gasteiger partial charge in [0.2, 0.25) is 0 Å². The van der Waals surface area contributed by atoms with Crippen molar-refractivity contribution in [3.05, 3.63) is 45.6 Å². The van der Waals surface area contributed by atoms with Crippen molar-refractivity contribution >= 4 is 23.2 Å². The van der Waals surface area contributed by atoms with Crippen LogP contribution in [-0.2, 0) is 16.1 Å². The van der Waals surface area contributed by atoms with E-state index in [2.05, 4.69) is 0 Å². The smallest absolute Gasteiger partial charge is 0.349 e. The number of likely N-dealkylation sites (N-methyl/N-ethyl adjacent to an activating group) is 1. The number of carbonyl (C=O) groups is 2. The zero-order valence-electron chi connectivity index (χ0n) is 15.4. The molecule has 1 aromatic heterocycles. The van der Waals surface area contributed by atoms with Gasteiger partial charge in [0.1, 0.15) is 4.88 Å². The molecule has 0 saturated heterocycles. The van der Waals surface area contributed by atoms with Crippen LogP contribution in [0.1, 0.15) is 27.7 Å². The molecule has 0 N–H and O–H groups in total. The summed E-state index contributed by atoms with van der Waals surface area (Å²) in [5, 5.41) is 1.82. The Morgan fingerprint density at radius 3 is 2.42 bits per heavy atom. The van der Waals surface area contributed by atoms with E-state index in [4.69, 9.17) is 14.2 Å². The molecule has 0 unspecified atom stereocenters. The molecule has 7 heteroatoms. The van der Waals surface area contributed by atoms with Crippen LogP contribution in [0.15, 0.2) is 29.6 Å². The minimum absolute atomic E-state index is 0.246. The van der Waals surface area contributed by atoms with Crippen LogP contribution in [0.2, 0.25) is 0 Å². The molecule has 0 radical (unpaired) electrons. The zero-order chi connectivity index (χ0) is 19.1. The van der Waals surface area contributed by atoms with Gasteiger partial charge < -0.3 is 19.1 Å². The van der Waals surface area contributed by atoms with E-state index in [0.717, 1.165) is 11.1 Å². The SMILES string of the molecule is CCN(Cc1ccc(OC)c(OC)c1)C(=O)COC(=O)c1sccc1C. The number of hydrogen-bond acceptors (Lipinski definition) is 6. The van der Waals surface area contributed by atoms with Crippen LogP contribution < -0.4 is 9.47 Å². The fraction of sp³-hybridized carbons (Fsp3) is 0.368. The van der Waals surface area contributed by atoms with Gasteiger partial charge in [-0.05, 0) is 48.6 Å². The highest BCUT2D eigenvalue weighted by atomic mass is 32.1. The van der Waals surface area contributed by atoms with Gasteiger partial charge in [0, 0.05) is 13.1 Å². The van der Waals surface area contributed by atoms with Gasteiger partial charge in [-0.3, -0.25) is 4.79 Å². The fourth-order valence-electron chi connectivity index (χ4n) is 2.44. The summed E-state index contributed by atoms with van der Waals surface area (Å²) in [5.74, 6) is 0.525. The van der Waals surface area contributed by atoms with E-state index in [0.29, 0.717) is 29.5 Å². The number of benzene rings is 1. The van der Waals surface area contributed by atoms with Gasteiger partial charge in [-0.25, -0.2) is 4.79 Å². The van der Waals surface area contributed by atoms with E-state index >= 15 is 0 Å². The topological polar surface area (TPSA) is 65.1 Å². The van der Waals surface area contributed by atoms with Gasteiger partial charge in [0.25, 0.3) is 5.91 Å². The van der Waals surface area contributed by atoms with Crippen molar-refractivity contribution in [3.63, 3.8) is 0 Å². The van der Waals surface area contributed by atoms with Crippen LogP contribution in [0.5, 0.6) is 11.5 Å². The number of rotatable bonds is 8. The second kappa shape index (κ2) is 9.24. The van der Waals surface area contributed by atoms with Crippen molar-refractivity contribution in [1.29, 1.82) is 0 Å². The summed E-state index contributed by atoms with van der Waals surface area (Å²) in [6.45, 7) is 4.33. The van der Waals surface area contributed by atoms with E-state index in [1.807, 2.05) is 37.4 Å². The lowest BCUT2D eigenvalue weighted by atomic mass is 10.2. The summed E-state index contributed by atoms with van der Waals surface area (Å²) < 4.78 is 15.7. The summed E-state index contributed by atoms with van der Waals surface area (Å²) in [4.78, 5) is 26.6. The molecule has 140 valence electrons. The zero-order valence-corrected chi connectivity index (χ0v) is 16.2. The molecule has 2 aromatic rings. The molecule has 0 spiro atoms. The van der Waals surface area contributed by atoms with Gasteiger partial charge in [0.05, 0.1) is 14.2 Å². The number of ether oxygens (including phenoxy) is 3. The van der Waals surface area contributed by atoms with Crippen molar-refractivity contribution in [2.75, 3.05) is 27.4 Å². The molecule has 0 fully saturated rings. The predicted octanol–water partition coefficient (Wildman–Crippen LogP) is 3.28. The fourth-order valence-corrected chi connectivity index (χ4v) is 3.26. The number of methoxy groups -OCH3 is 2. The Morgan fingerprint density at radius 1 is 1.12 bits per heavy atom. The number of esters is 1. The Hall–Kier alpha value is -2.54. The standard InChI is InChI=1S/C19H23NO5S/c1-5-20(11-14-6-7-15(23-3)16(10-14)24-4)17(21)12-25-19(22)18-13(2)8-9-26-18/h6-10H,5,11-12H2,1-4H3. The van der Waals surface area contributed by atoms with E-state index in [1.54, 1.807) is 25.2 Å². The lowest BCUT2D eigenvalue weighted by molar-refractivity contribution is -0.134. The number of amides is 1. The summed E-state index contributed by atoms with van der Waals surface area (Å²) in [6, 6.07) is 7.35. The van der Waals surface area contributed by atoms with Crippen LogP contribution in [-0.4, -0.2) is 44.1 Å². The first-order chi connectivity index (χ1) is 12.5. The third-order valence-electron chi connectivity index (χ3n) is 3.93.